The summed E-state index contributed by atoms with van der Waals surface area (Å²) in [4.78, 5) is 27.9. The van der Waals surface area contributed by atoms with Gasteiger partial charge in [-0.3, -0.25) is 9.59 Å². The Morgan fingerprint density at radius 2 is 0.982 bits per heavy atom. The number of esters is 2. The van der Waals surface area contributed by atoms with E-state index in [-0.39, 0.29) is 23.8 Å². The summed E-state index contributed by atoms with van der Waals surface area (Å²) in [6.07, 6.45) is 28.9. The predicted molar refractivity (Wildman–Crippen MR) is 232 cm³/mol. The monoisotopic (exact) mass is 752 g/mol. The number of fused-ring (bicyclic) bond motifs is 2. The van der Waals surface area contributed by atoms with Gasteiger partial charge in [-0.05, 0) is 65.3 Å². The highest BCUT2D eigenvalue weighted by Crippen LogP contribution is 2.63. The summed E-state index contributed by atoms with van der Waals surface area (Å²) >= 11 is 0. The molecular weight excluding hydrogens is 689 g/mol. The molecule has 0 aromatic heterocycles. The number of benzene rings is 4. The topological polar surface area (TPSA) is 52.6 Å². The van der Waals surface area contributed by atoms with Crippen LogP contribution in [0.4, 0.5) is 0 Å². The van der Waals surface area contributed by atoms with Crippen molar-refractivity contribution in [3.63, 3.8) is 0 Å². The van der Waals surface area contributed by atoms with Crippen LogP contribution in [0.2, 0.25) is 0 Å². The van der Waals surface area contributed by atoms with Crippen LogP contribution < -0.4 is 9.47 Å². The van der Waals surface area contributed by atoms with Crippen LogP contribution in [-0.4, -0.2) is 11.9 Å². The number of ether oxygens (including phenoxy) is 2. The number of unbranched alkanes of at least 4 members (excludes halogenated alkanes) is 16. The van der Waals surface area contributed by atoms with Crippen molar-refractivity contribution in [2.75, 3.05) is 0 Å². The molecule has 0 saturated heterocycles. The lowest BCUT2D eigenvalue weighted by Gasteiger charge is -2.45. The molecule has 0 aliphatic heterocycles. The van der Waals surface area contributed by atoms with Crippen LogP contribution in [0.1, 0.15) is 189 Å². The number of carbonyl (C=O) groups excluding carboxylic acids is 2. The lowest BCUT2D eigenvalue weighted by Crippen LogP contribution is -2.30. The standard InChI is InChI=1S/C52H64O4/c1-3-5-7-9-11-13-15-17-19-33-45(53)55-51-43-35-37-27-21-22-28-38(37)36-44(43)52(56-46(54)34-20-18-16-14-12-10-8-6-4-2)50-48-41-31-25-23-29-39(41)47(49(50)51)40-30-24-26-32-42(40)48/h21-25,27-31,35-36,47-48H,3-20,26,32-34H2,1-2H3/t47?,48-/m0/s1. The molecule has 4 nitrogen and oxygen atoms in total. The van der Waals surface area contributed by atoms with Crippen LogP contribution in [0.3, 0.4) is 0 Å². The second kappa shape index (κ2) is 19.8. The summed E-state index contributed by atoms with van der Waals surface area (Å²) in [7, 11) is 0. The average Bonchev–Trinajstić information content (AvgIpc) is 3.22. The minimum Gasteiger partial charge on any atom is -0.426 e. The highest BCUT2D eigenvalue weighted by molar-refractivity contribution is 6.07. The summed E-state index contributed by atoms with van der Waals surface area (Å²) in [6.45, 7) is 4.52. The van der Waals surface area contributed by atoms with Gasteiger partial charge < -0.3 is 9.47 Å². The number of hydrogen-bond acceptors (Lipinski definition) is 4. The minimum atomic E-state index is -0.178. The molecule has 4 aliphatic carbocycles. The molecule has 2 atom stereocenters. The minimum absolute atomic E-state index is 0.0627. The molecular formula is C52H64O4. The van der Waals surface area contributed by atoms with Gasteiger partial charge >= 0.3 is 11.9 Å². The van der Waals surface area contributed by atoms with E-state index in [0.717, 1.165) is 84.0 Å². The summed E-state index contributed by atoms with van der Waals surface area (Å²) in [5, 5.41) is 3.85. The third-order valence-electron chi connectivity index (χ3n) is 12.7. The first kappa shape index (κ1) is 40.0. The van der Waals surface area contributed by atoms with Crippen LogP contribution in [0.15, 0.2) is 84.0 Å². The Kier molecular flexibility index (Phi) is 14.2. The number of carbonyl (C=O) groups is 2. The smallest absolute Gasteiger partial charge is 0.311 e. The molecule has 0 radical (unpaired) electrons. The third-order valence-corrected chi connectivity index (χ3v) is 12.7. The SMILES string of the molecule is CCCCCCCCCCCC(=O)Oc1c2c(c(OC(=O)CCCCCCCCCCC)c3cc4ccccc4cc13)[C@@H]1C3=C(C=CCC3)C2c2ccccc21. The lowest BCUT2D eigenvalue weighted by molar-refractivity contribution is -0.135. The molecule has 0 fully saturated rings. The van der Waals surface area contributed by atoms with Crippen LogP contribution in [0, 0.1) is 0 Å². The zero-order valence-electron chi connectivity index (χ0n) is 34.3. The van der Waals surface area contributed by atoms with Crippen LogP contribution in [-0.2, 0) is 9.59 Å². The Bertz CT molecular complexity index is 2050. The Hall–Kier alpha value is -4.18. The van der Waals surface area contributed by atoms with Crippen molar-refractivity contribution < 1.29 is 19.1 Å². The van der Waals surface area contributed by atoms with Crippen molar-refractivity contribution in [1.82, 2.24) is 0 Å². The number of hydrogen-bond donors (Lipinski definition) is 0. The zero-order chi connectivity index (χ0) is 38.7. The normalized spacial score (nSPS) is 16.6. The van der Waals surface area contributed by atoms with Gasteiger partial charge in [-0.25, -0.2) is 0 Å². The predicted octanol–water partition coefficient (Wildman–Crippen LogP) is 14.9. The van der Waals surface area contributed by atoms with E-state index in [9.17, 15) is 9.59 Å². The fraction of sp³-hybridized carbons (Fsp3) is 0.500. The molecule has 4 heteroatoms. The first-order valence-corrected chi connectivity index (χ1v) is 22.5. The molecule has 4 aromatic rings. The molecule has 0 saturated carbocycles. The molecule has 1 unspecified atom stereocenters. The van der Waals surface area contributed by atoms with Crippen molar-refractivity contribution in [1.29, 1.82) is 0 Å². The Morgan fingerprint density at radius 3 is 1.48 bits per heavy atom. The van der Waals surface area contributed by atoms with E-state index >= 15 is 0 Å². The molecule has 4 aromatic carbocycles. The average molecular weight is 753 g/mol. The van der Waals surface area contributed by atoms with Crippen molar-refractivity contribution in [2.45, 2.75) is 167 Å². The maximum atomic E-state index is 13.9. The van der Waals surface area contributed by atoms with E-state index in [0.29, 0.717) is 24.3 Å². The van der Waals surface area contributed by atoms with E-state index in [1.54, 1.807) is 0 Å². The van der Waals surface area contributed by atoms with Gasteiger partial charge in [0, 0.05) is 46.6 Å². The summed E-state index contributed by atoms with van der Waals surface area (Å²) in [5.74, 6) is 0.794. The second-order valence-electron chi connectivity index (χ2n) is 16.8. The molecule has 0 heterocycles. The number of allylic oxidation sites excluding steroid dienone is 4. The van der Waals surface area contributed by atoms with Gasteiger partial charge in [-0.1, -0.05) is 183 Å². The van der Waals surface area contributed by atoms with E-state index < -0.39 is 0 Å². The molecule has 56 heavy (non-hydrogen) atoms. The second-order valence-corrected chi connectivity index (χ2v) is 16.8. The Morgan fingerprint density at radius 1 is 0.554 bits per heavy atom. The van der Waals surface area contributed by atoms with E-state index in [4.69, 9.17) is 9.47 Å². The molecule has 8 rings (SSSR count). The highest BCUT2D eigenvalue weighted by Gasteiger charge is 2.47. The Labute approximate surface area is 336 Å². The first-order chi connectivity index (χ1) is 27.6. The van der Waals surface area contributed by atoms with Gasteiger partial charge in [0.2, 0.25) is 0 Å². The van der Waals surface area contributed by atoms with Gasteiger partial charge in [-0.15, -0.1) is 0 Å². The maximum absolute atomic E-state index is 13.9. The zero-order valence-corrected chi connectivity index (χ0v) is 34.3. The van der Waals surface area contributed by atoms with E-state index in [1.807, 2.05) is 0 Å². The van der Waals surface area contributed by atoms with Crippen molar-refractivity contribution in [2.24, 2.45) is 0 Å². The third kappa shape index (κ3) is 9.01. The van der Waals surface area contributed by atoms with Crippen LogP contribution in [0.25, 0.3) is 21.5 Å². The van der Waals surface area contributed by atoms with E-state index in [1.165, 1.54) is 99.3 Å². The molecule has 0 N–H and O–H groups in total. The molecule has 4 aliphatic rings. The summed E-state index contributed by atoms with van der Waals surface area (Å²) < 4.78 is 13.3. The van der Waals surface area contributed by atoms with Gasteiger partial charge in [0.25, 0.3) is 0 Å². The van der Waals surface area contributed by atoms with E-state index in [2.05, 4.69) is 86.7 Å². The lowest BCUT2D eigenvalue weighted by atomic mass is 9.58. The van der Waals surface area contributed by atoms with Crippen molar-refractivity contribution >= 4 is 33.5 Å². The number of rotatable bonds is 22. The fourth-order valence-corrected chi connectivity index (χ4v) is 9.76. The maximum Gasteiger partial charge on any atom is 0.311 e. The summed E-state index contributed by atoms with van der Waals surface area (Å²) in [6, 6.07) is 21.4. The van der Waals surface area contributed by atoms with Crippen molar-refractivity contribution in [3.8, 4) is 11.5 Å². The van der Waals surface area contributed by atoms with Gasteiger partial charge in [0.15, 0.2) is 0 Å². The molecule has 296 valence electrons. The molecule has 2 bridgehead atoms. The van der Waals surface area contributed by atoms with Gasteiger partial charge in [0.05, 0.1) is 0 Å². The molecule has 0 amide bonds. The first-order valence-electron chi connectivity index (χ1n) is 22.5. The Balaban J connectivity index is 1.21. The van der Waals surface area contributed by atoms with Crippen LogP contribution >= 0.6 is 0 Å². The van der Waals surface area contributed by atoms with Gasteiger partial charge in [0.1, 0.15) is 11.5 Å². The quantitative estimate of drug-likeness (QED) is 0.0347. The molecule has 0 spiro atoms. The van der Waals surface area contributed by atoms with Gasteiger partial charge in [-0.2, -0.15) is 0 Å². The fourth-order valence-electron chi connectivity index (χ4n) is 9.76. The van der Waals surface area contributed by atoms with Crippen molar-refractivity contribution in [3.05, 3.63) is 106 Å². The highest BCUT2D eigenvalue weighted by atomic mass is 16.5. The summed E-state index contributed by atoms with van der Waals surface area (Å²) in [5.41, 5.74) is 7.30. The van der Waals surface area contributed by atoms with Crippen LogP contribution in [0.5, 0.6) is 11.5 Å². The largest absolute Gasteiger partial charge is 0.426 e.